The zero-order chi connectivity index (χ0) is 17.5. The Morgan fingerprint density at radius 3 is 2.13 bits per heavy atom. The van der Waals surface area contributed by atoms with Crippen LogP contribution in [0.5, 0.6) is 0 Å². The molecule has 2 N–H and O–H groups in total. The van der Waals surface area contributed by atoms with Crippen molar-refractivity contribution in [3.63, 3.8) is 0 Å². The lowest BCUT2D eigenvalue weighted by Crippen LogP contribution is -2.38. The van der Waals surface area contributed by atoms with Crippen LogP contribution in [0.1, 0.15) is 31.9 Å². The molecule has 0 bridgehead atoms. The smallest absolute Gasteiger partial charge is 0.442 e. The monoisotopic (exact) mass is 329 g/mol. The third-order valence-corrected chi connectivity index (χ3v) is 3.22. The average molecular weight is 329 g/mol. The summed E-state index contributed by atoms with van der Waals surface area (Å²) in [6.45, 7) is 5.18. The molecule has 1 heterocycles. The van der Waals surface area contributed by atoms with Crippen LogP contribution >= 0.6 is 0 Å². The number of rotatable bonds is 4. The Bertz CT molecular complexity index is 612. The summed E-state index contributed by atoms with van der Waals surface area (Å²) in [5, 5.41) is 6.27. The molecule has 0 fully saturated rings. The number of ether oxygens (including phenoxy) is 1. The number of benzene rings is 1. The van der Waals surface area contributed by atoms with Crippen LogP contribution in [-0.2, 0) is 21.6 Å². The van der Waals surface area contributed by atoms with Crippen molar-refractivity contribution in [3.8, 4) is 0 Å². The lowest BCUT2D eigenvalue weighted by atomic mass is 9.99. The van der Waals surface area contributed by atoms with Crippen molar-refractivity contribution in [1.29, 1.82) is 0 Å². The van der Waals surface area contributed by atoms with Gasteiger partial charge in [-0.2, -0.15) is 13.2 Å². The van der Waals surface area contributed by atoms with E-state index in [4.69, 9.17) is 10.5 Å². The maximum Gasteiger partial charge on any atom is 0.442 e. The van der Waals surface area contributed by atoms with Crippen LogP contribution in [-0.4, -0.2) is 23.8 Å². The maximum atomic E-state index is 12.9. The van der Waals surface area contributed by atoms with Crippen molar-refractivity contribution in [2.75, 3.05) is 0 Å². The quantitative estimate of drug-likeness (QED) is 0.862. The van der Waals surface area contributed by atoms with Gasteiger partial charge in [-0.3, -0.25) is 4.79 Å². The predicted octanol–water partition coefficient (Wildman–Crippen LogP) is 3.08. The van der Waals surface area contributed by atoms with Crippen LogP contribution in [0.15, 0.2) is 34.5 Å². The van der Waals surface area contributed by atoms with Gasteiger partial charge in [0, 0.05) is 5.56 Å². The fourth-order valence-corrected chi connectivity index (χ4v) is 2.03. The lowest BCUT2D eigenvalue weighted by Gasteiger charge is -2.22. The van der Waals surface area contributed by atoms with Crippen molar-refractivity contribution >= 4 is 5.97 Å². The zero-order valence-electron chi connectivity index (χ0n) is 13.0. The van der Waals surface area contributed by atoms with Gasteiger partial charge in [0.1, 0.15) is 11.6 Å². The summed E-state index contributed by atoms with van der Waals surface area (Å²) in [7, 11) is 0. The number of hydrogen-bond acceptors (Lipinski definition) is 5. The Morgan fingerprint density at radius 2 is 1.74 bits per heavy atom. The molecule has 126 valence electrons. The van der Waals surface area contributed by atoms with Gasteiger partial charge in [-0.1, -0.05) is 24.3 Å². The molecule has 1 atom stereocenters. The lowest BCUT2D eigenvalue weighted by molar-refractivity contribution is -0.166. The molecule has 2 rings (SSSR count). The fraction of sp³-hybridized carbons (Fsp3) is 0.533. The van der Waals surface area contributed by atoms with Crippen molar-refractivity contribution in [1.82, 2.24) is 0 Å². The van der Waals surface area contributed by atoms with E-state index in [2.05, 4.69) is 10.2 Å². The molecular weight excluding hydrogens is 311 g/mol. The highest BCUT2D eigenvalue weighted by Crippen LogP contribution is 2.52. The number of carbonyl (C=O) groups excluding carboxylic acids is 1. The number of alkyl halides is 3. The normalized spacial score (nSPS) is 17.7. The first-order chi connectivity index (χ1) is 10.4. The van der Waals surface area contributed by atoms with E-state index in [1.165, 1.54) is 24.3 Å². The molecule has 0 saturated carbocycles. The third kappa shape index (κ3) is 3.87. The van der Waals surface area contributed by atoms with E-state index >= 15 is 0 Å². The van der Waals surface area contributed by atoms with Crippen LogP contribution in [0.3, 0.4) is 0 Å². The molecule has 8 heteroatoms. The molecule has 1 aliphatic heterocycles. The summed E-state index contributed by atoms with van der Waals surface area (Å²) in [6.07, 6.45) is -4.38. The first-order valence-electron chi connectivity index (χ1n) is 7.03. The highest BCUT2D eigenvalue weighted by Gasteiger charge is 2.65. The molecule has 0 saturated heterocycles. The fourth-order valence-electron chi connectivity index (χ4n) is 2.03. The van der Waals surface area contributed by atoms with Gasteiger partial charge in [0.2, 0.25) is 0 Å². The molecule has 1 aromatic carbocycles. The van der Waals surface area contributed by atoms with Crippen LogP contribution < -0.4 is 5.73 Å². The van der Waals surface area contributed by atoms with Gasteiger partial charge in [0.05, 0.1) is 0 Å². The van der Waals surface area contributed by atoms with Crippen LogP contribution in [0.4, 0.5) is 13.2 Å². The summed E-state index contributed by atoms with van der Waals surface area (Å²) in [5.74, 6) is -0.555. The van der Waals surface area contributed by atoms with Crippen molar-refractivity contribution in [2.45, 2.75) is 50.7 Å². The minimum atomic E-state index is -4.55. The summed E-state index contributed by atoms with van der Waals surface area (Å²) in [4.78, 5) is 11.8. The van der Waals surface area contributed by atoms with Crippen LogP contribution in [0.25, 0.3) is 0 Å². The highest BCUT2D eigenvalue weighted by molar-refractivity contribution is 5.76. The van der Waals surface area contributed by atoms with E-state index in [1.54, 1.807) is 20.8 Å². The minimum Gasteiger partial charge on any atom is -0.459 e. The first kappa shape index (κ1) is 17.4. The van der Waals surface area contributed by atoms with Gasteiger partial charge >= 0.3 is 17.8 Å². The molecule has 0 radical (unpaired) electrons. The number of hydrogen-bond donors (Lipinski definition) is 1. The molecule has 1 aromatic rings. The summed E-state index contributed by atoms with van der Waals surface area (Å²) in [6, 6.07) is 4.68. The van der Waals surface area contributed by atoms with Gasteiger partial charge in [-0.05, 0) is 32.8 Å². The SMILES string of the molecule is CC(C)(C)OC(=O)C(N)Cc1ccc(C2(C(F)(F)F)N=N2)cc1. The first-order valence-corrected chi connectivity index (χ1v) is 7.03. The molecular formula is C15H18F3N3O2. The van der Waals surface area contributed by atoms with Gasteiger partial charge in [0.15, 0.2) is 0 Å². The van der Waals surface area contributed by atoms with E-state index in [-0.39, 0.29) is 12.0 Å². The maximum absolute atomic E-state index is 12.9. The second-order valence-corrected chi connectivity index (χ2v) is 6.41. The van der Waals surface area contributed by atoms with Gasteiger partial charge in [0.25, 0.3) is 0 Å². The Morgan fingerprint density at radius 1 is 1.22 bits per heavy atom. The molecule has 0 spiro atoms. The number of carbonyl (C=O) groups is 1. The average Bonchev–Trinajstić information content (AvgIpc) is 3.18. The molecule has 1 aliphatic rings. The summed E-state index contributed by atoms with van der Waals surface area (Å²) < 4.78 is 43.8. The topological polar surface area (TPSA) is 77.0 Å². The summed E-state index contributed by atoms with van der Waals surface area (Å²) in [5.41, 5.74) is 3.27. The van der Waals surface area contributed by atoms with Gasteiger partial charge < -0.3 is 10.5 Å². The van der Waals surface area contributed by atoms with E-state index in [1.807, 2.05) is 0 Å². The molecule has 1 unspecified atom stereocenters. The molecule has 0 aliphatic carbocycles. The van der Waals surface area contributed by atoms with E-state index in [9.17, 15) is 18.0 Å². The zero-order valence-corrected chi connectivity index (χ0v) is 13.0. The third-order valence-electron chi connectivity index (χ3n) is 3.22. The number of halogens is 3. The Labute approximate surface area is 131 Å². The number of esters is 1. The van der Waals surface area contributed by atoms with Gasteiger partial charge in [-0.25, -0.2) is 0 Å². The van der Waals surface area contributed by atoms with Crippen LogP contribution in [0.2, 0.25) is 0 Å². The molecule has 5 nitrogen and oxygen atoms in total. The Kier molecular flexibility index (Phi) is 4.23. The molecule has 23 heavy (non-hydrogen) atoms. The van der Waals surface area contributed by atoms with E-state index in [0.29, 0.717) is 5.56 Å². The Hall–Kier alpha value is -1.96. The van der Waals surface area contributed by atoms with Crippen molar-refractivity contribution in [3.05, 3.63) is 35.4 Å². The van der Waals surface area contributed by atoms with Crippen molar-refractivity contribution < 1.29 is 22.7 Å². The predicted molar refractivity (Wildman–Crippen MR) is 76.6 cm³/mol. The van der Waals surface area contributed by atoms with E-state index in [0.717, 1.165) is 0 Å². The standard InChI is InChI=1S/C15H18F3N3O2/c1-13(2,3)23-12(22)11(19)8-9-4-6-10(7-5-9)14(20-21-14)15(16,17)18/h4-7,11H,8,19H2,1-3H3. The second-order valence-electron chi connectivity index (χ2n) is 6.41. The minimum absolute atomic E-state index is 0.0559. The van der Waals surface area contributed by atoms with E-state index < -0.39 is 29.5 Å². The van der Waals surface area contributed by atoms with Gasteiger partial charge in [-0.15, -0.1) is 10.2 Å². The highest BCUT2D eigenvalue weighted by atomic mass is 19.4. The summed E-state index contributed by atoms with van der Waals surface area (Å²) >= 11 is 0. The Balaban J connectivity index is 2.02. The largest absolute Gasteiger partial charge is 0.459 e. The van der Waals surface area contributed by atoms with Crippen LogP contribution in [0, 0.1) is 0 Å². The number of nitrogens with two attached hydrogens (primary N) is 1. The van der Waals surface area contributed by atoms with Crippen molar-refractivity contribution in [2.24, 2.45) is 16.0 Å². The molecule has 0 aromatic heterocycles. The second kappa shape index (κ2) is 5.59. The molecule has 0 amide bonds. The number of nitrogens with zero attached hydrogens (tertiary/aromatic N) is 2.